The molecule has 0 saturated carbocycles. The van der Waals surface area contributed by atoms with E-state index in [-0.39, 0.29) is 0 Å². The van der Waals surface area contributed by atoms with Crippen LogP contribution in [0.2, 0.25) is 0 Å². The Bertz CT molecular complexity index is 399. The Morgan fingerprint density at radius 3 is 3.22 bits per heavy atom. The molecular formula is C15H21NOS. The third kappa shape index (κ3) is 3.01. The lowest BCUT2D eigenvalue weighted by atomic mass is 10.1. The quantitative estimate of drug-likeness (QED) is 0.832. The Balaban J connectivity index is 1.56. The van der Waals surface area contributed by atoms with Crippen LogP contribution >= 0.6 is 11.8 Å². The standard InChI is InChI=1S/C15H21NOS/c1-6-16(8-11-18-10-1)7-4-13-2-3-15-14(12-13)5-9-17-15/h2-3,12H,1,4-11H2. The van der Waals surface area contributed by atoms with E-state index in [0.717, 1.165) is 18.8 Å². The molecule has 1 fully saturated rings. The highest BCUT2D eigenvalue weighted by Crippen LogP contribution is 2.26. The summed E-state index contributed by atoms with van der Waals surface area (Å²) in [7, 11) is 0. The van der Waals surface area contributed by atoms with Crippen LogP contribution in [0.3, 0.4) is 0 Å². The van der Waals surface area contributed by atoms with Crippen molar-refractivity contribution >= 4 is 11.8 Å². The molecule has 0 spiro atoms. The second kappa shape index (κ2) is 5.98. The molecule has 0 aliphatic carbocycles. The van der Waals surface area contributed by atoms with Gasteiger partial charge in [0.15, 0.2) is 0 Å². The topological polar surface area (TPSA) is 12.5 Å². The number of hydrogen-bond acceptors (Lipinski definition) is 3. The van der Waals surface area contributed by atoms with Crippen LogP contribution in [0.15, 0.2) is 18.2 Å². The molecule has 1 aromatic rings. The van der Waals surface area contributed by atoms with E-state index in [1.165, 1.54) is 55.1 Å². The number of benzene rings is 1. The number of hydrogen-bond donors (Lipinski definition) is 0. The third-order valence-electron chi connectivity index (χ3n) is 3.79. The first-order valence-electron chi connectivity index (χ1n) is 6.96. The average Bonchev–Trinajstić information content (AvgIpc) is 2.70. The van der Waals surface area contributed by atoms with Crippen molar-refractivity contribution in [1.29, 1.82) is 0 Å². The van der Waals surface area contributed by atoms with E-state index in [1.807, 2.05) is 0 Å². The number of thioether (sulfide) groups is 1. The maximum absolute atomic E-state index is 5.55. The molecule has 0 radical (unpaired) electrons. The summed E-state index contributed by atoms with van der Waals surface area (Å²) in [5.74, 6) is 3.75. The predicted octanol–water partition coefficient (Wildman–Crippen LogP) is 2.60. The lowest BCUT2D eigenvalue weighted by Gasteiger charge is -2.19. The first-order valence-corrected chi connectivity index (χ1v) is 8.12. The van der Waals surface area contributed by atoms with Gasteiger partial charge in [-0.3, -0.25) is 0 Å². The summed E-state index contributed by atoms with van der Waals surface area (Å²) in [5.41, 5.74) is 2.87. The number of nitrogens with zero attached hydrogens (tertiary/aromatic N) is 1. The van der Waals surface area contributed by atoms with Crippen molar-refractivity contribution in [2.75, 3.05) is 37.7 Å². The highest BCUT2D eigenvalue weighted by Gasteiger charge is 2.13. The van der Waals surface area contributed by atoms with Crippen LogP contribution in [-0.4, -0.2) is 42.6 Å². The van der Waals surface area contributed by atoms with Crippen LogP contribution in [0.4, 0.5) is 0 Å². The molecule has 2 aliphatic rings. The summed E-state index contributed by atoms with van der Waals surface area (Å²) in [6, 6.07) is 6.72. The van der Waals surface area contributed by atoms with E-state index in [0.29, 0.717) is 0 Å². The normalized spacial score (nSPS) is 20.2. The van der Waals surface area contributed by atoms with Gasteiger partial charge in [-0.05, 0) is 42.3 Å². The Kier molecular flexibility index (Phi) is 4.11. The van der Waals surface area contributed by atoms with E-state index < -0.39 is 0 Å². The molecule has 2 heterocycles. The third-order valence-corrected chi connectivity index (χ3v) is 4.83. The van der Waals surface area contributed by atoms with Crippen LogP contribution in [0, 0.1) is 0 Å². The molecule has 1 saturated heterocycles. The lowest BCUT2D eigenvalue weighted by molar-refractivity contribution is 0.299. The van der Waals surface area contributed by atoms with Gasteiger partial charge in [0, 0.05) is 25.3 Å². The maximum atomic E-state index is 5.55. The van der Waals surface area contributed by atoms with Gasteiger partial charge in [0.2, 0.25) is 0 Å². The molecule has 0 bridgehead atoms. The van der Waals surface area contributed by atoms with E-state index >= 15 is 0 Å². The molecule has 0 unspecified atom stereocenters. The molecule has 2 aliphatic heterocycles. The van der Waals surface area contributed by atoms with Crippen molar-refractivity contribution < 1.29 is 4.74 Å². The molecular weight excluding hydrogens is 242 g/mol. The van der Waals surface area contributed by atoms with E-state index in [9.17, 15) is 0 Å². The van der Waals surface area contributed by atoms with Crippen LogP contribution in [-0.2, 0) is 12.8 Å². The van der Waals surface area contributed by atoms with E-state index in [4.69, 9.17) is 4.74 Å². The van der Waals surface area contributed by atoms with Crippen LogP contribution in [0.5, 0.6) is 5.75 Å². The van der Waals surface area contributed by atoms with Gasteiger partial charge in [0.05, 0.1) is 6.61 Å². The fourth-order valence-electron chi connectivity index (χ4n) is 2.70. The second-order valence-electron chi connectivity index (χ2n) is 5.10. The highest BCUT2D eigenvalue weighted by molar-refractivity contribution is 7.99. The molecule has 3 rings (SSSR count). The fourth-order valence-corrected chi connectivity index (χ4v) is 3.63. The predicted molar refractivity (Wildman–Crippen MR) is 77.7 cm³/mol. The number of rotatable bonds is 3. The minimum absolute atomic E-state index is 0.863. The SMILES string of the molecule is c1cc2c(cc1CCN1CCCSCC1)CCO2. The smallest absolute Gasteiger partial charge is 0.122 e. The number of fused-ring (bicyclic) bond motifs is 1. The zero-order valence-electron chi connectivity index (χ0n) is 10.9. The fraction of sp³-hybridized carbons (Fsp3) is 0.600. The molecule has 0 atom stereocenters. The van der Waals surface area contributed by atoms with Crippen LogP contribution < -0.4 is 4.74 Å². The van der Waals surface area contributed by atoms with Gasteiger partial charge in [-0.15, -0.1) is 0 Å². The highest BCUT2D eigenvalue weighted by atomic mass is 32.2. The average molecular weight is 263 g/mol. The largest absolute Gasteiger partial charge is 0.493 e. The Hall–Kier alpha value is -0.670. The lowest BCUT2D eigenvalue weighted by Crippen LogP contribution is -2.28. The van der Waals surface area contributed by atoms with Gasteiger partial charge in [0.1, 0.15) is 5.75 Å². The van der Waals surface area contributed by atoms with Gasteiger partial charge in [-0.1, -0.05) is 12.1 Å². The number of ether oxygens (including phenoxy) is 1. The van der Waals surface area contributed by atoms with E-state index in [2.05, 4.69) is 34.9 Å². The minimum atomic E-state index is 0.863. The molecule has 18 heavy (non-hydrogen) atoms. The van der Waals surface area contributed by atoms with Gasteiger partial charge in [0.25, 0.3) is 0 Å². The summed E-state index contributed by atoms with van der Waals surface area (Å²) < 4.78 is 5.55. The molecule has 0 N–H and O–H groups in total. The van der Waals surface area contributed by atoms with Crippen molar-refractivity contribution in [3.05, 3.63) is 29.3 Å². The molecule has 98 valence electrons. The van der Waals surface area contributed by atoms with Crippen molar-refractivity contribution in [3.63, 3.8) is 0 Å². The summed E-state index contributed by atoms with van der Waals surface area (Å²) in [6.07, 6.45) is 3.62. The van der Waals surface area contributed by atoms with Crippen LogP contribution in [0.1, 0.15) is 17.5 Å². The zero-order valence-corrected chi connectivity index (χ0v) is 11.7. The Morgan fingerprint density at radius 2 is 2.22 bits per heavy atom. The summed E-state index contributed by atoms with van der Waals surface area (Å²) >= 11 is 2.10. The Morgan fingerprint density at radius 1 is 1.22 bits per heavy atom. The molecule has 2 nitrogen and oxygen atoms in total. The molecule has 0 aromatic heterocycles. The molecule has 1 aromatic carbocycles. The minimum Gasteiger partial charge on any atom is -0.493 e. The summed E-state index contributed by atoms with van der Waals surface area (Å²) in [6.45, 7) is 4.61. The summed E-state index contributed by atoms with van der Waals surface area (Å²) in [4.78, 5) is 2.61. The van der Waals surface area contributed by atoms with Crippen molar-refractivity contribution in [2.45, 2.75) is 19.3 Å². The van der Waals surface area contributed by atoms with Crippen LogP contribution in [0.25, 0.3) is 0 Å². The monoisotopic (exact) mass is 263 g/mol. The van der Waals surface area contributed by atoms with Gasteiger partial charge < -0.3 is 9.64 Å². The van der Waals surface area contributed by atoms with Gasteiger partial charge in [-0.2, -0.15) is 11.8 Å². The molecule has 0 amide bonds. The molecule has 3 heteroatoms. The van der Waals surface area contributed by atoms with Crippen molar-refractivity contribution in [3.8, 4) is 5.75 Å². The zero-order chi connectivity index (χ0) is 12.2. The Labute approximate surface area is 114 Å². The summed E-state index contributed by atoms with van der Waals surface area (Å²) in [5, 5.41) is 0. The van der Waals surface area contributed by atoms with Gasteiger partial charge in [-0.25, -0.2) is 0 Å². The van der Waals surface area contributed by atoms with Crippen molar-refractivity contribution in [1.82, 2.24) is 4.90 Å². The second-order valence-corrected chi connectivity index (χ2v) is 6.32. The first kappa shape index (κ1) is 12.4. The van der Waals surface area contributed by atoms with Gasteiger partial charge >= 0.3 is 0 Å². The van der Waals surface area contributed by atoms with Crippen molar-refractivity contribution in [2.24, 2.45) is 0 Å². The van der Waals surface area contributed by atoms with E-state index in [1.54, 1.807) is 0 Å². The maximum Gasteiger partial charge on any atom is 0.122 e. The first-order chi connectivity index (χ1) is 8.92.